The van der Waals surface area contributed by atoms with Gasteiger partial charge in [0.1, 0.15) is 39.6 Å². The fourth-order valence-electron chi connectivity index (χ4n) is 11.6. The van der Waals surface area contributed by atoms with Gasteiger partial charge >= 0.3 is 6.01 Å². The van der Waals surface area contributed by atoms with Crippen LogP contribution in [0.25, 0.3) is 32.9 Å². The number of pyridine rings is 1. The van der Waals surface area contributed by atoms with Crippen LogP contribution in [0.1, 0.15) is 83.1 Å². The minimum absolute atomic E-state index is 0.0104. The van der Waals surface area contributed by atoms with Gasteiger partial charge in [-0.1, -0.05) is 18.4 Å². The van der Waals surface area contributed by atoms with E-state index >= 15 is 8.78 Å². The Morgan fingerprint density at radius 1 is 1.02 bits per heavy atom. The second kappa shape index (κ2) is 15.2. The number of anilines is 1. The third-order valence-corrected chi connectivity index (χ3v) is 14.8. The first kappa shape index (κ1) is 40.2. The van der Waals surface area contributed by atoms with Crippen molar-refractivity contribution in [2.45, 2.75) is 95.2 Å². The molecule has 1 spiro atoms. The maximum Gasteiger partial charge on any atom is 0.319 e. The molecule has 322 valence electrons. The molecule has 12 nitrogen and oxygen atoms in total. The van der Waals surface area contributed by atoms with Crippen molar-refractivity contribution in [3.63, 3.8) is 0 Å². The lowest BCUT2D eigenvalue weighted by atomic mass is 9.59. The van der Waals surface area contributed by atoms with E-state index in [1.165, 1.54) is 44.2 Å². The second-order valence-electron chi connectivity index (χ2n) is 19.0. The van der Waals surface area contributed by atoms with Crippen LogP contribution in [-0.2, 0) is 9.53 Å². The van der Waals surface area contributed by atoms with E-state index in [4.69, 9.17) is 30.6 Å². The van der Waals surface area contributed by atoms with Crippen LogP contribution in [0, 0.1) is 40.7 Å². The largest absolute Gasteiger partial charge is 0.508 e. The van der Waals surface area contributed by atoms with E-state index < -0.39 is 17.2 Å². The second-order valence-corrected chi connectivity index (χ2v) is 19.0. The van der Waals surface area contributed by atoms with Crippen LogP contribution < -0.4 is 14.4 Å². The van der Waals surface area contributed by atoms with Gasteiger partial charge in [-0.05, 0) is 107 Å². The number of benzene rings is 2. The first-order valence-corrected chi connectivity index (χ1v) is 22.0. The molecule has 3 saturated carbocycles. The zero-order valence-electron chi connectivity index (χ0n) is 35.0. The highest BCUT2D eigenvalue weighted by Crippen LogP contribution is 2.56. The van der Waals surface area contributed by atoms with Gasteiger partial charge in [0.05, 0.1) is 39.0 Å². The van der Waals surface area contributed by atoms with Crippen LogP contribution in [0.5, 0.6) is 17.6 Å². The number of carbonyl (C=O) groups is 1. The number of aliphatic hydroxyl groups is 1. The summed E-state index contributed by atoms with van der Waals surface area (Å²) in [6.45, 7) is 5.69. The standard InChI is InChI=1S/C47H54F2N6O6/c1-4-32-34(48)11-10-29-21-31(56)22-33(36(29)32)39-38(49)40-37(42(50-39)59-3)41(54-19-20-60-26-45(2,58)25-54)52-44(51-40)61-27-47-12-5-7-35(47)55(16-6-13-47)30-23-46(24-30)14-17-53(18-15-46)43(57)28-8-9-28/h1,10-11,21-22,28,30,35,56,58H,5-9,12-20,23-27H2,2-3H3/t35-,45+,47-/m1/s1. The summed E-state index contributed by atoms with van der Waals surface area (Å²) in [7, 11) is 1.41. The SMILES string of the molecule is C#Cc1c(F)ccc2cc(O)cc(-c3nc(OC)c4c(N5CCOC[C@@](C)(O)C5)nc(OC[C@]56CCC[C@H]5N(C5CC7(CCN(C(=O)C8CC8)CC7)C5)CCC6)nc4c3F)c12. The van der Waals surface area contributed by atoms with Gasteiger partial charge in [0.15, 0.2) is 5.82 Å². The number of fused-ring (bicyclic) bond motifs is 3. The first-order chi connectivity index (χ1) is 29.4. The summed E-state index contributed by atoms with van der Waals surface area (Å²) in [5.41, 5.74) is -1.46. The highest BCUT2D eigenvalue weighted by Gasteiger charge is 2.55. The molecule has 0 radical (unpaired) electrons. The monoisotopic (exact) mass is 836 g/mol. The molecule has 2 aromatic heterocycles. The number of halogens is 2. The molecule has 61 heavy (non-hydrogen) atoms. The van der Waals surface area contributed by atoms with E-state index in [-0.39, 0.29) is 87.7 Å². The van der Waals surface area contributed by atoms with Crippen molar-refractivity contribution in [3.8, 4) is 41.2 Å². The Bertz CT molecular complexity index is 2440. The van der Waals surface area contributed by atoms with Crippen molar-refractivity contribution in [1.29, 1.82) is 0 Å². The zero-order valence-corrected chi connectivity index (χ0v) is 35.0. The maximum absolute atomic E-state index is 17.5. The molecular formula is C47H54F2N6O6. The fraction of sp³-hybridized carbons (Fsp3) is 0.574. The van der Waals surface area contributed by atoms with Gasteiger partial charge in [-0.2, -0.15) is 9.97 Å². The number of piperidine rings is 2. The molecular weight excluding hydrogens is 783 g/mol. The van der Waals surface area contributed by atoms with E-state index in [0.29, 0.717) is 41.9 Å². The predicted molar refractivity (Wildman–Crippen MR) is 225 cm³/mol. The summed E-state index contributed by atoms with van der Waals surface area (Å²) in [5, 5.41) is 22.8. The molecule has 4 aromatic rings. The summed E-state index contributed by atoms with van der Waals surface area (Å²) >= 11 is 0. The smallest absolute Gasteiger partial charge is 0.319 e. The van der Waals surface area contributed by atoms with Crippen molar-refractivity contribution in [2.24, 2.45) is 16.7 Å². The number of aromatic hydroxyl groups is 1. The third-order valence-electron chi connectivity index (χ3n) is 14.8. The van der Waals surface area contributed by atoms with E-state index in [9.17, 15) is 15.0 Å². The third kappa shape index (κ3) is 7.10. The Balaban J connectivity index is 0.989. The lowest BCUT2D eigenvalue weighted by molar-refractivity contribution is -0.139. The predicted octanol–water partition coefficient (Wildman–Crippen LogP) is 6.60. The van der Waals surface area contributed by atoms with Crippen LogP contribution in [0.2, 0.25) is 0 Å². The average molecular weight is 837 g/mol. The quantitative estimate of drug-likeness (QED) is 0.186. The Hall–Kier alpha value is -4.84. The minimum atomic E-state index is -1.25. The number of amides is 1. The van der Waals surface area contributed by atoms with E-state index in [1.54, 1.807) is 6.92 Å². The molecule has 6 fully saturated rings. The van der Waals surface area contributed by atoms with Gasteiger partial charge in [0.2, 0.25) is 11.8 Å². The molecule has 14 heteroatoms. The number of hydrogen-bond acceptors (Lipinski definition) is 11. The Labute approximate surface area is 354 Å². The van der Waals surface area contributed by atoms with Gasteiger partial charge in [-0.25, -0.2) is 13.8 Å². The van der Waals surface area contributed by atoms with Crippen LogP contribution in [0.4, 0.5) is 14.6 Å². The van der Waals surface area contributed by atoms with Gasteiger partial charge in [-0.3, -0.25) is 9.69 Å². The molecule has 0 unspecified atom stereocenters. The Morgan fingerprint density at radius 3 is 2.56 bits per heavy atom. The summed E-state index contributed by atoms with van der Waals surface area (Å²) in [6.07, 6.45) is 17.7. The van der Waals surface area contributed by atoms with Crippen molar-refractivity contribution in [2.75, 3.05) is 64.6 Å². The van der Waals surface area contributed by atoms with Gasteiger partial charge < -0.3 is 34.2 Å². The number of carbonyl (C=O) groups excluding carboxylic acids is 1. The maximum atomic E-state index is 17.5. The molecule has 0 bridgehead atoms. The lowest BCUT2D eigenvalue weighted by Gasteiger charge is -2.59. The number of phenolic OH excluding ortho intramolecular Hbond substituents is 1. The topological polar surface area (TPSA) is 134 Å². The highest BCUT2D eigenvalue weighted by atomic mass is 19.1. The van der Waals surface area contributed by atoms with Crippen molar-refractivity contribution in [3.05, 3.63) is 41.5 Å². The Kier molecular flexibility index (Phi) is 10.0. The van der Waals surface area contributed by atoms with E-state index in [1.807, 2.05) is 4.90 Å². The molecule has 6 aliphatic rings. The number of aromatic nitrogens is 3. The normalized spacial score (nSPS) is 26.9. The fourth-order valence-corrected chi connectivity index (χ4v) is 11.6. The molecule has 3 aliphatic heterocycles. The van der Waals surface area contributed by atoms with Gasteiger partial charge in [0.25, 0.3) is 0 Å². The zero-order chi connectivity index (χ0) is 42.3. The number of nitrogens with zero attached hydrogens (tertiary/aromatic N) is 6. The number of β-amino-alcohol motifs (C(OH)–C–C–N with tert-alkyl or cyclic N) is 1. The first-order valence-electron chi connectivity index (χ1n) is 22.0. The molecule has 1 amide bonds. The summed E-state index contributed by atoms with van der Waals surface area (Å²) in [4.78, 5) is 33.7. The molecule has 10 rings (SSSR count). The van der Waals surface area contributed by atoms with Crippen molar-refractivity contribution < 1.29 is 38.0 Å². The van der Waals surface area contributed by atoms with E-state index in [2.05, 4.69) is 20.7 Å². The summed E-state index contributed by atoms with van der Waals surface area (Å²) < 4.78 is 50.9. The van der Waals surface area contributed by atoms with E-state index in [0.717, 1.165) is 77.4 Å². The summed E-state index contributed by atoms with van der Waals surface area (Å²) in [5.74, 6) is 1.58. The van der Waals surface area contributed by atoms with Crippen LogP contribution >= 0.6 is 0 Å². The van der Waals surface area contributed by atoms with Crippen LogP contribution in [0.15, 0.2) is 24.3 Å². The number of hydrogen-bond donors (Lipinski definition) is 2. The van der Waals surface area contributed by atoms with Gasteiger partial charge in [0, 0.05) is 54.0 Å². The lowest BCUT2D eigenvalue weighted by Crippen LogP contribution is -2.62. The number of methoxy groups -OCH3 is 1. The number of terminal acetylenes is 1. The van der Waals surface area contributed by atoms with Crippen molar-refractivity contribution in [1.82, 2.24) is 24.8 Å². The number of likely N-dealkylation sites (tertiary alicyclic amines) is 2. The number of ether oxygens (including phenoxy) is 3. The van der Waals surface area contributed by atoms with Crippen LogP contribution in [0.3, 0.4) is 0 Å². The molecule has 2 aromatic carbocycles. The van der Waals surface area contributed by atoms with Gasteiger partial charge in [-0.15, -0.1) is 6.42 Å². The number of rotatable bonds is 8. The highest BCUT2D eigenvalue weighted by molar-refractivity contribution is 6.04. The molecule has 3 saturated heterocycles. The molecule has 2 N–H and O–H groups in total. The molecule has 5 heterocycles. The molecule has 3 atom stereocenters. The summed E-state index contributed by atoms with van der Waals surface area (Å²) in [6, 6.07) is 6.25. The molecule has 3 aliphatic carbocycles. The van der Waals surface area contributed by atoms with Crippen molar-refractivity contribution >= 4 is 33.4 Å². The average Bonchev–Trinajstić information content (AvgIpc) is 4.03. The van der Waals surface area contributed by atoms with Crippen LogP contribution in [-0.4, -0.2) is 118 Å². The Morgan fingerprint density at radius 2 is 1.80 bits per heavy atom. The minimum Gasteiger partial charge on any atom is -0.508 e. The number of phenols is 1.